The maximum absolute atomic E-state index is 12.0. The number of methoxy groups -OCH3 is 1. The van der Waals surface area contributed by atoms with Gasteiger partial charge in [0.25, 0.3) is 0 Å². The van der Waals surface area contributed by atoms with E-state index in [4.69, 9.17) is 4.74 Å². The van der Waals surface area contributed by atoms with E-state index in [0.717, 1.165) is 25.7 Å². The zero-order valence-electron chi connectivity index (χ0n) is 10.0. The third-order valence-electron chi connectivity index (χ3n) is 3.59. The fourth-order valence-corrected chi connectivity index (χ4v) is 3.53. The van der Waals surface area contributed by atoms with E-state index in [0.29, 0.717) is 4.88 Å². The molecule has 0 spiro atoms. The first kappa shape index (κ1) is 12.6. The monoisotopic (exact) mass is 254 g/mol. The van der Waals surface area contributed by atoms with Crippen LogP contribution in [0, 0.1) is 5.92 Å². The van der Waals surface area contributed by atoms with Gasteiger partial charge in [-0.2, -0.15) is 0 Å². The second kappa shape index (κ2) is 5.19. The molecule has 1 aromatic heterocycles. The van der Waals surface area contributed by atoms with Crippen LogP contribution in [-0.2, 0) is 15.1 Å². The summed E-state index contributed by atoms with van der Waals surface area (Å²) in [6.45, 7) is 0. The van der Waals surface area contributed by atoms with Gasteiger partial charge in [0.05, 0.1) is 7.11 Å². The molecule has 1 aliphatic rings. The van der Waals surface area contributed by atoms with Gasteiger partial charge in [-0.3, -0.25) is 0 Å². The topological polar surface area (TPSA) is 46.5 Å². The predicted molar refractivity (Wildman–Crippen MR) is 66.8 cm³/mol. The minimum atomic E-state index is -1.44. The predicted octanol–water partition coefficient (Wildman–Crippen LogP) is 2.69. The van der Waals surface area contributed by atoms with Gasteiger partial charge in [-0.15, -0.1) is 11.3 Å². The zero-order chi connectivity index (χ0) is 12.3. The van der Waals surface area contributed by atoms with E-state index in [2.05, 4.69) is 0 Å². The molecular weight excluding hydrogens is 236 g/mol. The highest BCUT2D eigenvalue weighted by Crippen LogP contribution is 2.41. The largest absolute Gasteiger partial charge is 0.467 e. The molecule has 1 aliphatic carbocycles. The first-order chi connectivity index (χ1) is 8.19. The Morgan fingerprint density at radius 1 is 1.47 bits per heavy atom. The molecule has 1 N–H and O–H groups in total. The van der Waals surface area contributed by atoms with Crippen molar-refractivity contribution in [3.05, 3.63) is 22.4 Å². The molecule has 4 heteroatoms. The van der Waals surface area contributed by atoms with Crippen molar-refractivity contribution in [3.63, 3.8) is 0 Å². The van der Waals surface area contributed by atoms with E-state index in [1.807, 2.05) is 17.5 Å². The molecule has 1 fully saturated rings. The molecule has 1 atom stereocenters. The Kier molecular flexibility index (Phi) is 3.84. The lowest BCUT2D eigenvalue weighted by atomic mass is 9.76. The third kappa shape index (κ3) is 2.24. The average molecular weight is 254 g/mol. The SMILES string of the molecule is COC(=O)[C@](O)(c1cccs1)C1CCCCC1. The number of thiophene rings is 1. The van der Waals surface area contributed by atoms with Gasteiger partial charge in [-0.1, -0.05) is 25.3 Å². The van der Waals surface area contributed by atoms with Crippen molar-refractivity contribution in [2.24, 2.45) is 5.92 Å². The molecule has 2 rings (SSSR count). The van der Waals surface area contributed by atoms with Crippen LogP contribution in [0.1, 0.15) is 37.0 Å². The minimum Gasteiger partial charge on any atom is -0.467 e. The normalized spacial score (nSPS) is 20.8. The Hall–Kier alpha value is -0.870. The van der Waals surface area contributed by atoms with Crippen molar-refractivity contribution in [3.8, 4) is 0 Å². The molecule has 0 saturated heterocycles. The van der Waals surface area contributed by atoms with Crippen LogP contribution in [-0.4, -0.2) is 18.2 Å². The first-order valence-corrected chi connectivity index (χ1v) is 6.92. The van der Waals surface area contributed by atoms with Gasteiger partial charge in [0.1, 0.15) is 0 Å². The fourth-order valence-electron chi connectivity index (χ4n) is 2.64. The number of esters is 1. The van der Waals surface area contributed by atoms with Gasteiger partial charge in [0.2, 0.25) is 0 Å². The number of carbonyl (C=O) groups is 1. The van der Waals surface area contributed by atoms with Crippen molar-refractivity contribution in [1.82, 2.24) is 0 Å². The molecular formula is C13H18O3S. The smallest absolute Gasteiger partial charge is 0.343 e. The van der Waals surface area contributed by atoms with Crippen LogP contribution >= 0.6 is 11.3 Å². The molecule has 0 unspecified atom stereocenters. The van der Waals surface area contributed by atoms with Gasteiger partial charge in [0, 0.05) is 10.8 Å². The van der Waals surface area contributed by atoms with Crippen LogP contribution in [0.25, 0.3) is 0 Å². The van der Waals surface area contributed by atoms with Crippen molar-refractivity contribution in [1.29, 1.82) is 0 Å². The fraction of sp³-hybridized carbons (Fsp3) is 0.615. The van der Waals surface area contributed by atoms with Crippen LogP contribution < -0.4 is 0 Å². The summed E-state index contributed by atoms with van der Waals surface area (Å²) in [5.74, 6) is -0.533. The summed E-state index contributed by atoms with van der Waals surface area (Å²) in [6, 6.07) is 3.67. The van der Waals surface area contributed by atoms with Crippen molar-refractivity contribution in [2.45, 2.75) is 37.7 Å². The van der Waals surface area contributed by atoms with Gasteiger partial charge in [-0.25, -0.2) is 4.79 Å². The summed E-state index contributed by atoms with van der Waals surface area (Å²) >= 11 is 1.42. The lowest BCUT2D eigenvalue weighted by Crippen LogP contribution is -2.44. The van der Waals surface area contributed by atoms with Crippen molar-refractivity contribution >= 4 is 17.3 Å². The van der Waals surface area contributed by atoms with Crippen molar-refractivity contribution < 1.29 is 14.6 Å². The number of rotatable bonds is 3. The molecule has 0 amide bonds. The molecule has 3 nitrogen and oxygen atoms in total. The second-order valence-corrected chi connectivity index (χ2v) is 5.52. The molecule has 1 aromatic rings. The Balaban J connectivity index is 2.32. The molecule has 0 radical (unpaired) electrons. The van der Waals surface area contributed by atoms with Crippen LogP contribution in [0.15, 0.2) is 17.5 Å². The van der Waals surface area contributed by atoms with Crippen molar-refractivity contribution in [2.75, 3.05) is 7.11 Å². The Morgan fingerprint density at radius 2 is 2.18 bits per heavy atom. The summed E-state index contributed by atoms with van der Waals surface area (Å²) < 4.78 is 4.81. The van der Waals surface area contributed by atoms with Gasteiger partial charge < -0.3 is 9.84 Å². The van der Waals surface area contributed by atoms with Crippen LogP contribution in [0.4, 0.5) is 0 Å². The third-order valence-corrected chi connectivity index (χ3v) is 4.58. The number of hydrogen-bond acceptors (Lipinski definition) is 4. The van der Waals surface area contributed by atoms with E-state index in [1.165, 1.54) is 24.9 Å². The van der Waals surface area contributed by atoms with E-state index < -0.39 is 11.6 Å². The lowest BCUT2D eigenvalue weighted by Gasteiger charge is -2.35. The van der Waals surface area contributed by atoms with E-state index in [-0.39, 0.29) is 5.92 Å². The van der Waals surface area contributed by atoms with E-state index in [1.54, 1.807) is 0 Å². The van der Waals surface area contributed by atoms with E-state index in [9.17, 15) is 9.90 Å². The maximum atomic E-state index is 12.0. The molecule has 17 heavy (non-hydrogen) atoms. The Bertz CT molecular complexity index is 368. The molecule has 0 aliphatic heterocycles. The summed E-state index contributed by atoms with van der Waals surface area (Å²) in [5, 5.41) is 12.7. The van der Waals surface area contributed by atoms with Gasteiger partial charge >= 0.3 is 5.97 Å². The quantitative estimate of drug-likeness (QED) is 0.844. The van der Waals surface area contributed by atoms with Gasteiger partial charge in [0.15, 0.2) is 5.60 Å². The molecule has 0 aromatic carbocycles. The van der Waals surface area contributed by atoms with Crippen LogP contribution in [0.3, 0.4) is 0 Å². The summed E-state index contributed by atoms with van der Waals surface area (Å²) in [7, 11) is 1.34. The molecule has 1 saturated carbocycles. The average Bonchev–Trinajstić information content (AvgIpc) is 2.92. The standard InChI is InChI=1S/C13H18O3S/c1-16-12(14)13(15,11-8-5-9-17-11)10-6-3-2-4-7-10/h5,8-10,15H,2-4,6-7H2,1H3/t13-/m1/s1. The second-order valence-electron chi connectivity index (χ2n) is 4.57. The molecule has 1 heterocycles. The number of ether oxygens (including phenoxy) is 1. The highest BCUT2D eigenvalue weighted by atomic mass is 32.1. The lowest BCUT2D eigenvalue weighted by molar-refractivity contribution is -0.171. The molecule has 0 bridgehead atoms. The highest BCUT2D eigenvalue weighted by molar-refractivity contribution is 7.10. The number of aliphatic hydroxyl groups is 1. The minimum absolute atomic E-state index is 0.0117. The van der Waals surface area contributed by atoms with E-state index >= 15 is 0 Å². The maximum Gasteiger partial charge on any atom is 0.343 e. The summed E-state index contributed by atoms with van der Waals surface area (Å²) in [5.41, 5.74) is -1.44. The first-order valence-electron chi connectivity index (χ1n) is 6.04. The summed E-state index contributed by atoms with van der Waals surface area (Å²) in [6.07, 6.45) is 5.13. The Labute approximate surface area is 105 Å². The highest BCUT2D eigenvalue weighted by Gasteiger charge is 2.47. The van der Waals surface area contributed by atoms with Crippen LogP contribution in [0.2, 0.25) is 0 Å². The van der Waals surface area contributed by atoms with Crippen LogP contribution in [0.5, 0.6) is 0 Å². The van der Waals surface area contributed by atoms with Gasteiger partial charge in [-0.05, 0) is 24.3 Å². The number of hydrogen-bond donors (Lipinski definition) is 1. The zero-order valence-corrected chi connectivity index (χ0v) is 10.8. The Morgan fingerprint density at radius 3 is 2.71 bits per heavy atom. The summed E-state index contributed by atoms with van der Waals surface area (Å²) in [4.78, 5) is 12.7. The molecule has 94 valence electrons. The number of carbonyl (C=O) groups excluding carboxylic acids is 1.